The molecule has 5 heteroatoms. The van der Waals surface area contributed by atoms with Crippen LogP contribution in [0.1, 0.15) is 44.9 Å². The van der Waals surface area contributed by atoms with E-state index in [9.17, 15) is 9.59 Å². The van der Waals surface area contributed by atoms with E-state index in [0.717, 1.165) is 24.1 Å². The van der Waals surface area contributed by atoms with Crippen molar-refractivity contribution in [3.8, 4) is 0 Å². The normalized spacial score (nSPS) is 13.9. The van der Waals surface area contributed by atoms with E-state index in [0.29, 0.717) is 23.4 Å². The number of Topliss-reactive ketones (excluding diaryl/α,β-unsaturated/α-hetero) is 1. The number of carbonyl (C=O) groups excluding carboxylic acids is 2. The quantitative estimate of drug-likeness (QED) is 0.879. The highest BCUT2D eigenvalue weighted by atomic mass is 16.2. The van der Waals surface area contributed by atoms with E-state index in [-0.39, 0.29) is 11.7 Å². The highest BCUT2D eigenvalue weighted by Crippen LogP contribution is 2.26. The molecule has 0 bridgehead atoms. The van der Waals surface area contributed by atoms with E-state index in [1.165, 1.54) is 0 Å². The molecule has 0 saturated carbocycles. The van der Waals surface area contributed by atoms with Crippen LogP contribution in [0.2, 0.25) is 0 Å². The fourth-order valence-electron chi connectivity index (χ4n) is 2.63. The number of aryl methyl sites for hydroxylation is 1. The minimum Gasteiger partial charge on any atom is -0.354 e. The van der Waals surface area contributed by atoms with E-state index in [1.54, 1.807) is 24.5 Å². The van der Waals surface area contributed by atoms with Crippen LogP contribution in [0.4, 0.5) is 5.69 Å². The lowest BCUT2D eigenvalue weighted by molar-refractivity contribution is 0.0971. The van der Waals surface area contributed by atoms with Gasteiger partial charge in [-0.2, -0.15) is 0 Å². The summed E-state index contributed by atoms with van der Waals surface area (Å²) in [7, 11) is 0. The Morgan fingerprint density at radius 2 is 2.05 bits per heavy atom. The third-order valence-corrected chi connectivity index (χ3v) is 3.60. The summed E-state index contributed by atoms with van der Waals surface area (Å²) in [6, 6.07) is 3.45. The summed E-state index contributed by atoms with van der Waals surface area (Å²) in [4.78, 5) is 31.2. The number of rotatable bonds is 2. The Hall–Kier alpha value is -2.43. The molecule has 0 aromatic carbocycles. The first-order valence-corrected chi connectivity index (χ1v) is 6.63. The van der Waals surface area contributed by atoms with Gasteiger partial charge in [0.2, 0.25) is 0 Å². The Morgan fingerprint density at radius 1 is 1.30 bits per heavy atom. The van der Waals surface area contributed by atoms with Crippen LogP contribution in [-0.2, 0) is 6.42 Å². The summed E-state index contributed by atoms with van der Waals surface area (Å²) in [5.74, 6) is -0.0983. The second kappa shape index (κ2) is 4.92. The van der Waals surface area contributed by atoms with Crippen molar-refractivity contribution in [2.75, 3.05) is 5.32 Å². The van der Waals surface area contributed by atoms with Gasteiger partial charge in [0, 0.05) is 35.8 Å². The third-order valence-electron chi connectivity index (χ3n) is 3.60. The number of aromatic nitrogens is 2. The minimum atomic E-state index is -0.226. The van der Waals surface area contributed by atoms with Crippen LogP contribution in [0.5, 0.6) is 0 Å². The first-order chi connectivity index (χ1) is 9.66. The molecular weight excluding hydrogens is 254 g/mol. The highest BCUT2D eigenvalue weighted by molar-refractivity contribution is 6.08. The average molecular weight is 269 g/mol. The van der Waals surface area contributed by atoms with Crippen molar-refractivity contribution in [2.24, 2.45) is 0 Å². The van der Waals surface area contributed by atoms with Crippen LogP contribution < -0.4 is 5.32 Å². The van der Waals surface area contributed by atoms with Crippen LogP contribution in [0, 0.1) is 6.92 Å². The Morgan fingerprint density at radius 3 is 2.75 bits per heavy atom. The van der Waals surface area contributed by atoms with Gasteiger partial charge in [0.15, 0.2) is 5.78 Å². The molecular formula is C15H15N3O2. The predicted octanol–water partition coefficient (Wildman–Crippen LogP) is 2.49. The molecule has 2 aromatic heterocycles. The van der Waals surface area contributed by atoms with E-state index in [4.69, 9.17) is 0 Å². The molecule has 1 amide bonds. The highest BCUT2D eigenvalue weighted by Gasteiger charge is 2.26. The van der Waals surface area contributed by atoms with Crippen molar-refractivity contribution < 1.29 is 9.59 Å². The SMILES string of the molecule is Cc1c(C(=O)Nc2ccncc2)[nH]c2c1C(=O)CCC2. The zero-order chi connectivity index (χ0) is 14.1. The fraction of sp³-hybridized carbons (Fsp3) is 0.267. The largest absolute Gasteiger partial charge is 0.354 e. The molecule has 20 heavy (non-hydrogen) atoms. The number of fused-ring (bicyclic) bond motifs is 1. The smallest absolute Gasteiger partial charge is 0.272 e. The van der Waals surface area contributed by atoms with Gasteiger partial charge in [0.05, 0.1) is 0 Å². The molecule has 3 rings (SSSR count). The number of aromatic amines is 1. The minimum absolute atomic E-state index is 0.128. The zero-order valence-corrected chi connectivity index (χ0v) is 11.2. The molecule has 0 fully saturated rings. The Balaban J connectivity index is 1.91. The molecule has 5 nitrogen and oxygen atoms in total. The van der Waals surface area contributed by atoms with Gasteiger partial charge < -0.3 is 10.3 Å². The number of nitrogens with zero attached hydrogens (tertiary/aromatic N) is 1. The lowest BCUT2D eigenvalue weighted by Crippen LogP contribution is -2.13. The van der Waals surface area contributed by atoms with Gasteiger partial charge in [0.25, 0.3) is 5.91 Å². The third kappa shape index (κ3) is 2.11. The van der Waals surface area contributed by atoms with E-state index in [1.807, 2.05) is 6.92 Å². The first kappa shape index (κ1) is 12.6. The monoisotopic (exact) mass is 269 g/mol. The number of pyridine rings is 1. The van der Waals surface area contributed by atoms with Crippen molar-refractivity contribution in [3.63, 3.8) is 0 Å². The molecule has 0 atom stereocenters. The topological polar surface area (TPSA) is 74.8 Å². The van der Waals surface area contributed by atoms with Crippen LogP contribution in [0.15, 0.2) is 24.5 Å². The Bertz CT molecular complexity index is 674. The first-order valence-electron chi connectivity index (χ1n) is 6.63. The van der Waals surface area contributed by atoms with Crippen LogP contribution >= 0.6 is 0 Å². The number of hydrogen-bond donors (Lipinski definition) is 2. The van der Waals surface area contributed by atoms with Gasteiger partial charge in [-0.05, 0) is 37.5 Å². The lowest BCUT2D eigenvalue weighted by Gasteiger charge is -2.09. The van der Waals surface area contributed by atoms with Gasteiger partial charge in [-0.25, -0.2) is 0 Å². The maximum Gasteiger partial charge on any atom is 0.272 e. The number of nitrogens with one attached hydrogen (secondary N) is 2. The van der Waals surface area contributed by atoms with Gasteiger partial charge in [-0.3, -0.25) is 14.6 Å². The Labute approximate surface area is 116 Å². The average Bonchev–Trinajstić information content (AvgIpc) is 2.79. The number of carbonyl (C=O) groups is 2. The van der Waals surface area contributed by atoms with Crippen molar-refractivity contribution in [1.29, 1.82) is 0 Å². The number of H-pyrrole nitrogens is 1. The fourth-order valence-corrected chi connectivity index (χ4v) is 2.63. The number of hydrogen-bond acceptors (Lipinski definition) is 3. The van der Waals surface area contributed by atoms with Crippen LogP contribution in [0.25, 0.3) is 0 Å². The van der Waals surface area contributed by atoms with E-state index in [2.05, 4.69) is 15.3 Å². The van der Waals surface area contributed by atoms with Gasteiger partial charge in [0.1, 0.15) is 5.69 Å². The summed E-state index contributed by atoms with van der Waals surface area (Å²) in [6.45, 7) is 1.82. The molecule has 1 aliphatic rings. The molecule has 0 saturated heterocycles. The number of anilines is 1. The number of amides is 1. The molecule has 2 heterocycles. The summed E-state index contributed by atoms with van der Waals surface area (Å²) in [6.07, 6.45) is 5.47. The second-order valence-electron chi connectivity index (χ2n) is 4.95. The zero-order valence-electron chi connectivity index (χ0n) is 11.2. The van der Waals surface area contributed by atoms with Gasteiger partial charge in [-0.15, -0.1) is 0 Å². The van der Waals surface area contributed by atoms with Crippen molar-refractivity contribution in [3.05, 3.63) is 47.0 Å². The van der Waals surface area contributed by atoms with E-state index >= 15 is 0 Å². The van der Waals surface area contributed by atoms with Crippen molar-refractivity contribution in [1.82, 2.24) is 9.97 Å². The molecule has 0 radical (unpaired) electrons. The molecule has 2 aromatic rings. The van der Waals surface area contributed by atoms with Crippen LogP contribution in [0.3, 0.4) is 0 Å². The van der Waals surface area contributed by atoms with E-state index < -0.39 is 0 Å². The summed E-state index contributed by atoms with van der Waals surface area (Å²) >= 11 is 0. The van der Waals surface area contributed by atoms with Gasteiger partial charge in [-0.1, -0.05) is 0 Å². The summed E-state index contributed by atoms with van der Waals surface area (Å²) in [5, 5.41) is 2.80. The maximum absolute atomic E-state index is 12.3. The molecule has 102 valence electrons. The predicted molar refractivity (Wildman–Crippen MR) is 75.0 cm³/mol. The molecule has 0 spiro atoms. The second-order valence-corrected chi connectivity index (χ2v) is 4.95. The molecule has 0 aliphatic heterocycles. The standard InChI is InChI=1S/C15H15N3O2/c1-9-13-11(3-2-4-12(13)19)18-14(9)15(20)17-10-5-7-16-8-6-10/h5-8,18H,2-4H2,1H3,(H,16,17,20). The summed E-state index contributed by atoms with van der Waals surface area (Å²) < 4.78 is 0. The summed E-state index contributed by atoms with van der Waals surface area (Å²) in [5.41, 5.74) is 3.50. The maximum atomic E-state index is 12.3. The van der Waals surface area contributed by atoms with Crippen molar-refractivity contribution in [2.45, 2.75) is 26.2 Å². The molecule has 2 N–H and O–H groups in total. The lowest BCUT2D eigenvalue weighted by atomic mass is 9.94. The van der Waals surface area contributed by atoms with Gasteiger partial charge >= 0.3 is 0 Å². The number of ketones is 1. The molecule has 1 aliphatic carbocycles. The van der Waals surface area contributed by atoms with Crippen LogP contribution in [-0.4, -0.2) is 21.7 Å². The Kier molecular flexibility index (Phi) is 3.10. The molecule has 0 unspecified atom stereocenters. The van der Waals surface area contributed by atoms with Crippen molar-refractivity contribution >= 4 is 17.4 Å².